The van der Waals surface area contributed by atoms with Gasteiger partial charge in [0.15, 0.2) is 5.82 Å². The Morgan fingerprint density at radius 1 is 0.842 bits per heavy atom. The van der Waals surface area contributed by atoms with Crippen LogP contribution in [-0.4, -0.2) is 27.4 Å². The molecule has 3 rings (SSSR count). The lowest BCUT2D eigenvalue weighted by Gasteiger charge is -2.04. The summed E-state index contributed by atoms with van der Waals surface area (Å²) in [5, 5.41) is 21.4. The van der Waals surface area contributed by atoms with E-state index in [4.69, 9.17) is 0 Å². The summed E-state index contributed by atoms with van der Waals surface area (Å²) in [7, 11) is 1.91. The molecule has 0 fully saturated rings. The molecule has 0 aliphatic carbocycles. The van der Waals surface area contributed by atoms with Crippen molar-refractivity contribution in [1.82, 2.24) is 20.4 Å². The summed E-state index contributed by atoms with van der Waals surface area (Å²) in [6, 6.07) is 12.3. The van der Waals surface area contributed by atoms with E-state index in [2.05, 4.69) is 43.9 Å². The predicted molar refractivity (Wildman–Crippen MR) is 74.8 cm³/mol. The normalized spacial score (nSPS) is 10.6. The van der Waals surface area contributed by atoms with Gasteiger partial charge in [0.05, 0.1) is 0 Å². The molecule has 0 amide bonds. The highest BCUT2D eigenvalue weighted by Gasteiger charge is 2.04. The Morgan fingerprint density at radius 2 is 1.53 bits per heavy atom. The Kier molecular flexibility index (Phi) is 2.79. The largest absolute Gasteiger partial charge is 0.388 e. The van der Waals surface area contributed by atoms with Crippen molar-refractivity contribution in [2.24, 2.45) is 0 Å². The van der Waals surface area contributed by atoms with E-state index in [1.165, 1.54) is 5.39 Å². The highest BCUT2D eigenvalue weighted by molar-refractivity contribution is 5.88. The summed E-state index contributed by atoms with van der Waals surface area (Å²) in [5.74, 6) is 1.12. The molecule has 19 heavy (non-hydrogen) atoms. The molecule has 0 radical (unpaired) electrons. The summed E-state index contributed by atoms with van der Waals surface area (Å²) in [6.07, 6.45) is 0. The molecule has 1 N–H and O–H groups in total. The Morgan fingerprint density at radius 3 is 2.26 bits per heavy atom. The lowest BCUT2D eigenvalue weighted by atomic mass is 10.1. The van der Waals surface area contributed by atoms with Crippen LogP contribution in [0.25, 0.3) is 22.2 Å². The van der Waals surface area contributed by atoms with Gasteiger partial charge in [0, 0.05) is 18.3 Å². The third-order valence-electron chi connectivity index (χ3n) is 2.97. The first-order chi connectivity index (χ1) is 9.26. The summed E-state index contributed by atoms with van der Waals surface area (Å²) in [4.78, 5) is 0. The topological polar surface area (TPSA) is 63.6 Å². The quantitative estimate of drug-likeness (QED) is 0.757. The van der Waals surface area contributed by atoms with E-state index in [-0.39, 0.29) is 0 Å². The maximum absolute atomic E-state index is 4.05. The molecule has 1 heterocycles. The van der Waals surface area contributed by atoms with E-state index in [9.17, 15) is 0 Å². The zero-order valence-electron chi connectivity index (χ0n) is 10.8. The van der Waals surface area contributed by atoms with Gasteiger partial charge in [0.2, 0.25) is 5.82 Å². The molecular formula is C14H13N5. The van der Waals surface area contributed by atoms with Crippen LogP contribution in [-0.2, 0) is 0 Å². The minimum absolute atomic E-state index is 0.546. The van der Waals surface area contributed by atoms with Crippen molar-refractivity contribution in [1.29, 1.82) is 0 Å². The SMILES string of the molecule is CNc1ccc2cc(-c3nnc(C)nn3)ccc2c1. The molecule has 0 unspecified atom stereocenters. The highest BCUT2D eigenvalue weighted by Crippen LogP contribution is 2.23. The number of benzene rings is 2. The van der Waals surface area contributed by atoms with Gasteiger partial charge < -0.3 is 5.32 Å². The van der Waals surface area contributed by atoms with Gasteiger partial charge in [-0.3, -0.25) is 0 Å². The van der Waals surface area contributed by atoms with Crippen molar-refractivity contribution < 1.29 is 0 Å². The van der Waals surface area contributed by atoms with Gasteiger partial charge in [-0.1, -0.05) is 18.2 Å². The molecule has 94 valence electrons. The van der Waals surface area contributed by atoms with Crippen molar-refractivity contribution in [3.63, 3.8) is 0 Å². The van der Waals surface area contributed by atoms with E-state index >= 15 is 0 Å². The molecule has 0 bridgehead atoms. The molecule has 0 spiro atoms. The van der Waals surface area contributed by atoms with Crippen LogP contribution in [0.1, 0.15) is 5.82 Å². The van der Waals surface area contributed by atoms with Crippen LogP contribution < -0.4 is 5.32 Å². The van der Waals surface area contributed by atoms with E-state index in [0.717, 1.165) is 16.6 Å². The standard InChI is InChI=1S/C14H13N5/c1-9-16-18-14(19-17-9)12-4-3-11-8-13(15-2)6-5-10(11)7-12/h3-8,15H,1-2H3. The molecule has 0 aliphatic rings. The average molecular weight is 251 g/mol. The number of nitrogens with zero attached hydrogens (tertiary/aromatic N) is 4. The van der Waals surface area contributed by atoms with Gasteiger partial charge in [0.1, 0.15) is 0 Å². The van der Waals surface area contributed by atoms with Crippen LogP contribution in [0.4, 0.5) is 5.69 Å². The maximum Gasteiger partial charge on any atom is 0.203 e. The van der Waals surface area contributed by atoms with Crippen molar-refractivity contribution >= 4 is 16.5 Å². The first-order valence-corrected chi connectivity index (χ1v) is 6.02. The Balaban J connectivity index is 2.08. The van der Waals surface area contributed by atoms with Crippen molar-refractivity contribution in [3.8, 4) is 11.4 Å². The molecule has 5 heteroatoms. The fraction of sp³-hybridized carbons (Fsp3) is 0.143. The minimum Gasteiger partial charge on any atom is -0.388 e. The van der Waals surface area contributed by atoms with Gasteiger partial charge in [-0.05, 0) is 35.9 Å². The monoisotopic (exact) mass is 251 g/mol. The second-order valence-electron chi connectivity index (χ2n) is 4.30. The minimum atomic E-state index is 0.546. The molecule has 0 saturated carbocycles. The first-order valence-electron chi connectivity index (χ1n) is 6.02. The average Bonchev–Trinajstić information content (AvgIpc) is 2.47. The molecule has 5 nitrogen and oxygen atoms in total. The van der Waals surface area contributed by atoms with Gasteiger partial charge in [0.25, 0.3) is 0 Å². The number of nitrogens with one attached hydrogen (secondary N) is 1. The van der Waals surface area contributed by atoms with E-state index in [1.807, 2.05) is 25.2 Å². The maximum atomic E-state index is 4.05. The number of fused-ring (bicyclic) bond motifs is 1. The molecular weight excluding hydrogens is 238 g/mol. The summed E-state index contributed by atoms with van der Waals surface area (Å²) in [6.45, 7) is 1.77. The Bertz CT molecular complexity index is 721. The number of hydrogen-bond donors (Lipinski definition) is 1. The fourth-order valence-electron chi connectivity index (χ4n) is 1.94. The van der Waals surface area contributed by atoms with Crippen LogP contribution in [0.2, 0.25) is 0 Å². The lowest BCUT2D eigenvalue weighted by molar-refractivity contribution is 0.816. The third kappa shape index (κ3) is 2.22. The predicted octanol–water partition coefficient (Wildman–Crippen LogP) is 2.44. The molecule has 3 aromatic rings. The number of hydrogen-bond acceptors (Lipinski definition) is 5. The first kappa shape index (κ1) is 11.5. The Labute approximate surface area is 110 Å². The van der Waals surface area contributed by atoms with Crippen LogP contribution >= 0.6 is 0 Å². The van der Waals surface area contributed by atoms with Gasteiger partial charge in [-0.25, -0.2) is 0 Å². The van der Waals surface area contributed by atoms with Gasteiger partial charge >= 0.3 is 0 Å². The molecule has 0 aliphatic heterocycles. The number of rotatable bonds is 2. The zero-order valence-corrected chi connectivity index (χ0v) is 10.8. The van der Waals surface area contributed by atoms with Crippen molar-refractivity contribution in [2.45, 2.75) is 6.92 Å². The third-order valence-corrected chi connectivity index (χ3v) is 2.97. The summed E-state index contributed by atoms with van der Waals surface area (Å²) < 4.78 is 0. The second kappa shape index (κ2) is 4.61. The van der Waals surface area contributed by atoms with Gasteiger partial charge in [-0.2, -0.15) is 0 Å². The second-order valence-corrected chi connectivity index (χ2v) is 4.30. The fourth-order valence-corrected chi connectivity index (χ4v) is 1.94. The van der Waals surface area contributed by atoms with E-state index < -0.39 is 0 Å². The number of aromatic nitrogens is 4. The van der Waals surface area contributed by atoms with E-state index in [0.29, 0.717) is 11.6 Å². The molecule has 0 saturated heterocycles. The summed E-state index contributed by atoms with van der Waals surface area (Å²) >= 11 is 0. The van der Waals surface area contributed by atoms with Gasteiger partial charge in [-0.15, -0.1) is 20.4 Å². The van der Waals surface area contributed by atoms with Crippen LogP contribution in [0.5, 0.6) is 0 Å². The number of aryl methyl sites for hydroxylation is 1. The highest BCUT2D eigenvalue weighted by atomic mass is 15.3. The lowest BCUT2D eigenvalue weighted by Crippen LogP contribution is -1.98. The van der Waals surface area contributed by atoms with Crippen LogP contribution in [0, 0.1) is 6.92 Å². The smallest absolute Gasteiger partial charge is 0.203 e. The van der Waals surface area contributed by atoms with Crippen molar-refractivity contribution in [2.75, 3.05) is 12.4 Å². The van der Waals surface area contributed by atoms with Crippen LogP contribution in [0.15, 0.2) is 36.4 Å². The molecule has 1 aromatic heterocycles. The summed E-state index contributed by atoms with van der Waals surface area (Å²) in [5.41, 5.74) is 2.01. The number of anilines is 1. The van der Waals surface area contributed by atoms with E-state index in [1.54, 1.807) is 6.92 Å². The molecule has 2 aromatic carbocycles. The Hall–Kier alpha value is -2.56. The zero-order chi connectivity index (χ0) is 13.2. The molecule has 0 atom stereocenters. The van der Waals surface area contributed by atoms with Crippen LogP contribution in [0.3, 0.4) is 0 Å². The van der Waals surface area contributed by atoms with Crippen molar-refractivity contribution in [3.05, 3.63) is 42.2 Å².